The molecule has 0 amide bonds. The Labute approximate surface area is 110 Å². The largest absolute Gasteiger partial charge is 0.457 e. The second kappa shape index (κ2) is 5.89. The molecule has 0 fully saturated rings. The molecule has 0 aliphatic rings. The maximum absolute atomic E-state index is 13.3. The van der Waals surface area contributed by atoms with Gasteiger partial charge in [0.15, 0.2) is 0 Å². The van der Waals surface area contributed by atoms with E-state index in [-0.39, 0.29) is 5.82 Å². The minimum Gasteiger partial charge on any atom is -0.457 e. The Morgan fingerprint density at radius 2 is 1.83 bits per heavy atom. The molecule has 0 radical (unpaired) electrons. The fourth-order valence-corrected chi connectivity index (χ4v) is 1.99. The number of hydrogen-bond acceptors (Lipinski definition) is 3. The van der Waals surface area contributed by atoms with E-state index in [0.717, 1.165) is 4.90 Å². The number of benzene rings is 2. The molecule has 18 heavy (non-hydrogen) atoms. The molecule has 2 aromatic carbocycles. The summed E-state index contributed by atoms with van der Waals surface area (Å²) in [6.45, 7) is 0.291. The number of hydrogen-bond donors (Lipinski definition) is 1. The van der Waals surface area contributed by atoms with Gasteiger partial charge in [0.1, 0.15) is 17.3 Å². The van der Waals surface area contributed by atoms with Gasteiger partial charge in [-0.15, -0.1) is 11.8 Å². The van der Waals surface area contributed by atoms with Crippen molar-refractivity contribution in [3.63, 3.8) is 0 Å². The Hall–Kier alpha value is -1.52. The highest BCUT2D eigenvalue weighted by Gasteiger charge is 2.02. The number of halogens is 1. The average Bonchev–Trinajstić information content (AvgIpc) is 2.39. The van der Waals surface area contributed by atoms with E-state index in [2.05, 4.69) is 0 Å². The third kappa shape index (κ3) is 3.24. The molecule has 0 saturated heterocycles. The van der Waals surface area contributed by atoms with Gasteiger partial charge >= 0.3 is 0 Å². The molecule has 94 valence electrons. The zero-order valence-electron chi connectivity index (χ0n) is 10.0. The van der Waals surface area contributed by atoms with E-state index in [0.29, 0.717) is 23.6 Å². The van der Waals surface area contributed by atoms with E-state index < -0.39 is 0 Å². The van der Waals surface area contributed by atoms with Crippen LogP contribution in [0.2, 0.25) is 0 Å². The molecule has 2 nitrogen and oxygen atoms in total. The van der Waals surface area contributed by atoms with Crippen LogP contribution >= 0.6 is 11.8 Å². The minimum absolute atomic E-state index is 0.291. The molecule has 0 aliphatic carbocycles. The van der Waals surface area contributed by atoms with Crippen LogP contribution in [0.5, 0.6) is 11.5 Å². The van der Waals surface area contributed by atoms with Crippen LogP contribution in [0.25, 0.3) is 0 Å². The van der Waals surface area contributed by atoms with Gasteiger partial charge in [-0.1, -0.05) is 0 Å². The van der Waals surface area contributed by atoms with Crippen molar-refractivity contribution in [1.29, 1.82) is 0 Å². The molecular formula is C14H14FNOS. The molecule has 2 N–H and O–H groups in total. The van der Waals surface area contributed by atoms with Gasteiger partial charge in [0.05, 0.1) is 0 Å². The van der Waals surface area contributed by atoms with Gasteiger partial charge in [-0.25, -0.2) is 4.39 Å². The standard InChI is InChI=1S/C14H14FNOS/c1-18-14-4-2-12(3-5-14)17-13-7-10(9-16)6-11(15)8-13/h2-8H,9,16H2,1H3. The molecule has 4 heteroatoms. The monoisotopic (exact) mass is 263 g/mol. The number of thioether (sulfide) groups is 1. The molecule has 0 aliphatic heterocycles. The van der Waals surface area contributed by atoms with Gasteiger partial charge in [0.2, 0.25) is 0 Å². The molecule has 2 aromatic rings. The molecule has 2 rings (SSSR count). The molecule has 0 spiro atoms. The molecular weight excluding hydrogens is 249 g/mol. The predicted molar refractivity (Wildman–Crippen MR) is 72.6 cm³/mol. The zero-order valence-corrected chi connectivity index (χ0v) is 10.8. The van der Waals surface area contributed by atoms with Crippen molar-refractivity contribution in [2.24, 2.45) is 5.73 Å². The number of ether oxygens (including phenoxy) is 1. The second-order valence-corrected chi connectivity index (χ2v) is 4.66. The first kappa shape index (κ1) is 12.9. The van der Waals surface area contributed by atoms with E-state index >= 15 is 0 Å². The lowest BCUT2D eigenvalue weighted by Gasteiger charge is -2.08. The summed E-state index contributed by atoms with van der Waals surface area (Å²) in [5.74, 6) is 0.808. The molecule has 0 aromatic heterocycles. The number of rotatable bonds is 4. The molecule has 0 unspecified atom stereocenters. The van der Waals surface area contributed by atoms with Crippen LogP contribution in [0.1, 0.15) is 5.56 Å². The van der Waals surface area contributed by atoms with Crippen molar-refractivity contribution in [3.05, 3.63) is 53.8 Å². The van der Waals surface area contributed by atoms with Crippen molar-refractivity contribution in [2.75, 3.05) is 6.26 Å². The summed E-state index contributed by atoms with van der Waals surface area (Å²) >= 11 is 1.66. The maximum atomic E-state index is 13.3. The highest BCUT2D eigenvalue weighted by atomic mass is 32.2. The SMILES string of the molecule is CSc1ccc(Oc2cc(F)cc(CN)c2)cc1. The van der Waals surface area contributed by atoms with Crippen LogP contribution in [0.4, 0.5) is 4.39 Å². The summed E-state index contributed by atoms with van der Waals surface area (Å²) in [5, 5.41) is 0. The van der Waals surface area contributed by atoms with Gasteiger partial charge in [-0.05, 0) is 48.2 Å². The summed E-state index contributed by atoms with van der Waals surface area (Å²) in [4.78, 5) is 1.16. The van der Waals surface area contributed by atoms with Crippen molar-refractivity contribution in [1.82, 2.24) is 0 Å². The van der Waals surface area contributed by atoms with E-state index in [1.165, 1.54) is 12.1 Å². The Balaban J connectivity index is 2.19. The predicted octanol–water partition coefficient (Wildman–Crippen LogP) is 3.80. The lowest BCUT2D eigenvalue weighted by molar-refractivity contribution is 0.475. The molecule has 0 heterocycles. The van der Waals surface area contributed by atoms with Gasteiger partial charge in [-0.2, -0.15) is 0 Å². The van der Waals surface area contributed by atoms with Gasteiger partial charge in [-0.3, -0.25) is 0 Å². The minimum atomic E-state index is -0.339. The van der Waals surface area contributed by atoms with Crippen molar-refractivity contribution < 1.29 is 9.13 Å². The van der Waals surface area contributed by atoms with Crippen molar-refractivity contribution in [3.8, 4) is 11.5 Å². The normalized spacial score (nSPS) is 10.4. The Bertz CT molecular complexity index is 528. The van der Waals surface area contributed by atoms with Crippen LogP contribution in [0.3, 0.4) is 0 Å². The van der Waals surface area contributed by atoms with Crippen LogP contribution in [-0.4, -0.2) is 6.26 Å². The van der Waals surface area contributed by atoms with E-state index in [1.807, 2.05) is 30.5 Å². The number of nitrogens with two attached hydrogens (primary N) is 1. The van der Waals surface area contributed by atoms with Crippen LogP contribution < -0.4 is 10.5 Å². The summed E-state index contributed by atoms with van der Waals surface area (Å²) in [7, 11) is 0. The second-order valence-electron chi connectivity index (χ2n) is 3.78. The van der Waals surface area contributed by atoms with Crippen LogP contribution in [0, 0.1) is 5.82 Å². The highest BCUT2D eigenvalue weighted by molar-refractivity contribution is 7.98. The van der Waals surface area contributed by atoms with Crippen molar-refractivity contribution >= 4 is 11.8 Å². The first-order chi connectivity index (χ1) is 8.71. The lowest BCUT2D eigenvalue weighted by atomic mass is 10.2. The fraction of sp³-hybridized carbons (Fsp3) is 0.143. The third-order valence-corrected chi connectivity index (χ3v) is 3.21. The lowest BCUT2D eigenvalue weighted by Crippen LogP contribution is -1.97. The average molecular weight is 263 g/mol. The van der Waals surface area contributed by atoms with E-state index in [9.17, 15) is 4.39 Å². The van der Waals surface area contributed by atoms with E-state index in [4.69, 9.17) is 10.5 Å². The maximum Gasteiger partial charge on any atom is 0.130 e. The molecule has 0 atom stereocenters. The van der Waals surface area contributed by atoms with Crippen molar-refractivity contribution in [2.45, 2.75) is 11.4 Å². The molecule has 0 saturated carbocycles. The summed E-state index contributed by atoms with van der Waals surface area (Å²) < 4.78 is 18.9. The van der Waals surface area contributed by atoms with Gasteiger partial charge in [0, 0.05) is 17.5 Å². The first-order valence-corrected chi connectivity index (χ1v) is 6.75. The fourth-order valence-electron chi connectivity index (χ4n) is 1.58. The Morgan fingerprint density at radius 1 is 1.11 bits per heavy atom. The smallest absolute Gasteiger partial charge is 0.130 e. The molecule has 0 bridgehead atoms. The topological polar surface area (TPSA) is 35.2 Å². The first-order valence-electron chi connectivity index (χ1n) is 5.52. The van der Waals surface area contributed by atoms with E-state index in [1.54, 1.807) is 17.8 Å². The summed E-state index contributed by atoms with van der Waals surface area (Å²) in [6, 6.07) is 12.1. The quantitative estimate of drug-likeness (QED) is 0.852. The third-order valence-electron chi connectivity index (χ3n) is 2.46. The Kier molecular flexibility index (Phi) is 4.23. The zero-order chi connectivity index (χ0) is 13.0. The van der Waals surface area contributed by atoms with Gasteiger partial charge < -0.3 is 10.5 Å². The van der Waals surface area contributed by atoms with Gasteiger partial charge in [0.25, 0.3) is 0 Å². The highest BCUT2D eigenvalue weighted by Crippen LogP contribution is 2.25. The summed E-state index contributed by atoms with van der Waals surface area (Å²) in [6.07, 6.45) is 2.01. The summed E-state index contributed by atoms with van der Waals surface area (Å²) in [5.41, 5.74) is 6.21. The Morgan fingerprint density at radius 3 is 2.44 bits per heavy atom. The van der Waals surface area contributed by atoms with Crippen LogP contribution in [-0.2, 0) is 6.54 Å². The van der Waals surface area contributed by atoms with Crippen LogP contribution in [0.15, 0.2) is 47.4 Å².